The fraction of sp³-hybridized carbons (Fsp3) is 0.0400. The second-order valence-electron chi connectivity index (χ2n) is 7.42. The van der Waals surface area contributed by atoms with Crippen LogP contribution in [-0.4, -0.2) is 26.8 Å². The number of carbonyl (C=O) groups is 1. The quantitative estimate of drug-likeness (QED) is 0.403. The van der Waals surface area contributed by atoms with E-state index in [4.69, 9.17) is 5.73 Å². The number of carbonyl (C=O) groups excluding carboxylic acids is 1. The number of rotatable bonds is 5. The predicted octanol–water partition coefficient (Wildman–Crippen LogP) is 4.12. The SMILES string of the molecule is Nc1c(C(=O)NCc2ccc(F)cc2)c2nc3ccccc3nc2n1/N=C\c1ccccc1. The Bertz CT molecular complexity index is 1490. The highest BCUT2D eigenvalue weighted by Gasteiger charge is 2.24. The van der Waals surface area contributed by atoms with Crippen molar-refractivity contribution in [3.63, 3.8) is 0 Å². The van der Waals surface area contributed by atoms with Gasteiger partial charge in [0.1, 0.15) is 22.7 Å². The molecular weight excluding hydrogens is 419 g/mol. The zero-order valence-electron chi connectivity index (χ0n) is 17.4. The molecule has 33 heavy (non-hydrogen) atoms. The number of nitrogens with one attached hydrogen (secondary N) is 1. The molecule has 0 aliphatic heterocycles. The molecule has 3 aromatic carbocycles. The van der Waals surface area contributed by atoms with Crippen molar-refractivity contribution in [1.29, 1.82) is 0 Å². The van der Waals surface area contributed by atoms with Crippen molar-refractivity contribution < 1.29 is 9.18 Å². The highest BCUT2D eigenvalue weighted by molar-refractivity contribution is 6.10. The molecule has 5 rings (SSSR count). The largest absolute Gasteiger partial charge is 0.383 e. The molecule has 0 radical (unpaired) electrons. The molecular formula is C25H19FN6O. The molecule has 5 aromatic rings. The number of hydrogen-bond donors (Lipinski definition) is 2. The first-order chi connectivity index (χ1) is 16.1. The van der Waals surface area contributed by atoms with Crippen molar-refractivity contribution in [3.05, 3.63) is 101 Å². The van der Waals surface area contributed by atoms with Crippen molar-refractivity contribution in [2.75, 3.05) is 5.73 Å². The van der Waals surface area contributed by atoms with Crippen molar-refractivity contribution >= 4 is 40.1 Å². The Balaban J connectivity index is 1.58. The topological polar surface area (TPSA) is 98.2 Å². The Morgan fingerprint density at radius 2 is 1.64 bits per heavy atom. The number of aromatic nitrogens is 3. The summed E-state index contributed by atoms with van der Waals surface area (Å²) in [5.41, 5.74) is 10.2. The van der Waals surface area contributed by atoms with E-state index in [1.165, 1.54) is 16.8 Å². The lowest BCUT2D eigenvalue weighted by molar-refractivity contribution is 0.0953. The van der Waals surface area contributed by atoms with E-state index in [1.807, 2.05) is 54.6 Å². The number of amides is 1. The van der Waals surface area contributed by atoms with E-state index >= 15 is 0 Å². The third-order valence-corrected chi connectivity index (χ3v) is 5.19. The number of benzene rings is 3. The van der Waals surface area contributed by atoms with Gasteiger partial charge in [0.15, 0.2) is 5.65 Å². The lowest BCUT2D eigenvalue weighted by atomic mass is 10.2. The number of anilines is 1. The van der Waals surface area contributed by atoms with Gasteiger partial charge in [-0.1, -0.05) is 54.6 Å². The first-order valence-corrected chi connectivity index (χ1v) is 10.3. The molecule has 0 saturated carbocycles. The van der Waals surface area contributed by atoms with Gasteiger partial charge in [0.25, 0.3) is 5.91 Å². The molecule has 7 nitrogen and oxygen atoms in total. The molecule has 0 fully saturated rings. The first-order valence-electron chi connectivity index (χ1n) is 10.3. The van der Waals surface area contributed by atoms with Crippen LogP contribution in [0.2, 0.25) is 0 Å². The summed E-state index contributed by atoms with van der Waals surface area (Å²) in [6.45, 7) is 0.208. The van der Waals surface area contributed by atoms with Gasteiger partial charge in [-0.15, -0.1) is 0 Å². The molecule has 2 heterocycles. The third kappa shape index (κ3) is 4.01. The minimum absolute atomic E-state index is 0.129. The molecule has 162 valence electrons. The van der Waals surface area contributed by atoms with E-state index in [0.717, 1.165) is 11.1 Å². The molecule has 0 aliphatic carbocycles. The van der Waals surface area contributed by atoms with E-state index in [-0.39, 0.29) is 23.7 Å². The van der Waals surface area contributed by atoms with Crippen molar-refractivity contribution in [2.24, 2.45) is 5.10 Å². The first kappa shape index (κ1) is 20.3. The Morgan fingerprint density at radius 3 is 2.36 bits per heavy atom. The van der Waals surface area contributed by atoms with Gasteiger partial charge in [-0.25, -0.2) is 14.4 Å². The third-order valence-electron chi connectivity index (χ3n) is 5.19. The summed E-state index contributed by atoms with van der Waals surface area (Å²) in [7, 11) is 0. The Labute approximate surface area is 188 Å². The van der Waals surface area contributed by atoms with E-state index in [0.29, 0.717) is 22.2 Å². The van der Waals surface area contributed by atoms with E-state index in [9.17, 15) is 9.18 Å². The summed E-state index contributed by atoms with van der Waals surface area (Å²) in [6, 6.07) is 22.8. The van der Waals surface area contributed by atoms with Gasteiger partial charge >= 0.3 is 0 Å². The van der Waals surface area contributed by atoms with Crippen LogP contribution >= 0.6 is 0 Å². The standard InChI is InChI=1S/C25H19FN6O/c26-18-12-10-17(11-13-18)14-28-25(33)21-22-24(31-20-9-5-4-8-19(20)30-22)32(23(21)27)29-15-16-6-2-1-3-7-16/h1-13,15H,14,27H2,(H,28,33)/b29-15-. The fourth-order valence-electron chi connectivity index (χ4n) is 3.52. The normalized spacial score (nSPS) is 11.4. The molecule has 1 amide bonds. The van der Waals surface area contributed by atoms with E-state index in [1.54, 1.807) is 18.3 Å². The Hall–Kier alpha value is -4.59. The van der Waals surface area contributed by atoms with Gasteiger partial charge in [0.05, 0.1) is 17.2 Å². The number of para-hydroxylation sites is 2. The van der Waals surface area contributed by atoms with Gasteiger partial charge in [-0.05, 0) is 35.4 Å². The maximum Gasteiger partial charge on any atom is 0.257 e. The number of halogens is 1. The maximum atomic E-state index is 13.2. The van der Waals surface area contributed by atoms with Crippen molar-refractivity contribution in [1.82, 2.24) is 20.0 Å². The zero-order chi connectivity index (χ0) is 22.8. The van der Waals surface area contributed by atoms with Crippen LogP contribution in [0.3, 0.4) is 0 Å². The predicted molar refractivity (Wildman–Crippen MR) is 126 cm³/mol. The monoisotopic (exact) mass is 438 g/mol. The minimum Gasteiger partial charge on any atom is -0.383 e. The lowest BCUT2D eigenvalue weighted by Crippen LogP contribution is -2.23. The summed E-state index contributed by atoms with van der Waals surface area (Å²) >= 11 is 0. The number of nitrogen functional groups attached to an aromatic ring is 1. The van der Waals surface area contributed by atoms with Crippen LogP contribution in [0, 0.1) is 5.82 Å². The van der Waals surface area contributed by atoms with Gasteiger partial charge in [-0.3, -0.25) is 4.79 Å². The highest BCUT2D eigenvalue weighted by Crippen LogP contribution is 2.28. The van der Waals surface area contributed by atoms with Gasteiger partial charge in [0, 0.05) is 6.54 Å². The summed E-state index contributed by atoms with van der Waals surface area (Å²) in [4.78, 5) is 22.5. The summed E-state index contributed by atoms with van der Waals surface area (Å²) in [6.07, 6.45) is 1.65. The molecule has 0 atom stereocenters. The molecule has 0 spiro atoms. The van der Waals surface area contributed by atoms with Crippen LogP contribution in [-0.2, 0) is 6.54 Å². The van der Waals surface area contributed by atoms with Gasteiger partial charge < -0.3 is 11.1 Å². The smallest absolute Gasteiger partial charge is 0.257 e. The molecule has 0 saturated heterocycles. The number of fused-ring (bicyclic) bond motifs is 2. The fourth-order valence-corrected chi connectivity index (χ4v) is 3.52. The second-order valence-corrected chi connectivity index (χ2v) is 7.42. The number of nitrogens with zero attached hydrogens (tertiary/aromatic N) is 4. The average Bonchev–Trinajstić information content (AvgIpc) is 3.11. The summed E-state index contributed by atoms with van der Waals surface area (Å²) < 4.78 is 14.6. The molecule has 8 heteroatoms. The van der Waals surface area contributed by atoms with Crippen LogP contribution in [0.5, 0.6) is 0 Å². The van der Waals surface area contributed by atoms with E-state index < -0.39 is 5.91 Å². The Morgan fingerprint density at radius 1 is 0.970 bits per heavy atom. The Kier molecular flexibility index (Phi) is 5.24. The number of nitrogens with two attached hydrogens (primary N) is 1. The van der Waals surface area contributed by atoms with Crippen LogP contribution in [0.25, 0.3) is 22.2 Å². The summed E-state index contributed by atoms with van der Waals surface area (Å²) in [5.74, 6) is -0.625. The van der Waals surface area contributed by atoms with Gasteiger partial charge in [0.2, 0.25) is 0 Å². The number of hydrogen-bond acceptors (Lipinski definition) is 5. The summed E-state index contributed by atoms with van der Waals surface area (Å²) in [5, 5.41) is 7.31. The van der Waals surface area contributed by atoms with Crippen LogP contribution in [0.1, 0.15) is 21.5 Å². The average molecular weight is 438 g/mol. The minimum atomic E-state index is -0.417. The van der Waals surface area contributed by atoms with Crippen LogP contribution in [0.4, 0.5) is 10.2 Å². The second kappa shape index (κ2) is 8.51. The molecule has 3 N–H and O–H groups in total. The van der Waals surface area contributed by atoms with E-state index in [2.05, 4.69) is 20.4 Å². The molecule has 0 aliphatic rings. The van der Waals surface area contributed by atoms with Crippen molar-refractivity contribution in [2.45, 2.75) is 6.54 Å². The van der Waals surface area contributed by atoms with Crippen molar-refractivity contribution in [3.8, 4) is 0 Å². The zero-order valence-corrected chi connectivity index (χ0v) is 17.4. The van der Waals surface area contributed by atoms with Crippen LogP contribution in [0.15, 0.2) is 84.0 Å². The molecule has 0 unspecified atom stereocenters. The molecule has 0 bridgehead atoms. The van der Waals surface area contributed by atoms with Gasteiger partial charge in [-0.2, -0.15) is 9.78 Å². The maximum absolute atomic E-state index is 13.2. The molecule has 2 aromatic heterocycles. The lowest BCUT2D eigenvalue weighted by Gasteiger charge is -2.06. The highest BCUT2D eigenvalue weighted by atomic mass is 19.1. The van der Waals surface area contributed by atoms with Crippen LogP contribution < -0.4 is 11.1 Å².